The highest BCUT2D eigenvalue weighted by Gasteiger charge is 2.22. The number of unbranched alkanes of at least 4 members (excludes halogenated alkanes) is 10. The molecule has 0 spiro atoms. The van der Waals surface area contributed by atoms with Gasteiger partial charge in [-0.3, -0.25) is 9.59 Å². The van der Waals surface area contributed by atoms with Gasteiger partial charge in [-0.05, 0) is 34.1 Å². The van der Waals surface area contributed by atoms with E-state index < -0.39 is 0 Å². The Morgan fingerprint density at radius 2 is 1.28 bits per heavy atom. The Morgan fingerprint density at radius 1 is 0.828 bits per heavy atom. The van der Waals surface area contributed by atoms with Crippen LogP contribution in [0.4, 0.5) is 0 Å². The summed E-state index contributed by atoms with van der Waals surface area (Å²) in [5.41, 5.74) is -0.363. The van der Waals surface area contributed by atoms with Crippen molar-refractivity contribution in [2.75, 3.05) is 20.3 Å². The Bertz CT molecular complexity index is 387. The predicted octanol–water partition coefficient (Wildman–Crippen LogP) is 6.47. The third-order valence-corrected chi connectivity index (χ3v) is 4.36. The van der Waals surface area contributed by atoms with Crippen LogP contribution >= 0.6 is 0 Å². The normalized spacial score (nSPS) is 12.0. The third kappa shape index (κ3) is 24.9. The van der Waals surface area contributed by atoms with Crippen molar-refractivity contribution in [3.05, 3.63) is 0 Å². The standard InChI is InChI=1S/C18H36O2.C6H12O3/c1-5-6-7-8-9-10-11-12-13-14-15-16-20-17(19)18(2,3)4;1-5(4-8-3)9-6(2)7/h5-16H2,1-4H3;5H,4H2,1-3H3. The number of esters is 2. The number of methoxy groups -OCH3 is 1. The topological polar surface area (TPSA) is 61.8 Å². The van der Waals surface area contributed by atoms with E-state index in [2.05, 4.69) is 6.92 Å². The molecule has 0 amide bonds. The molecule has 0 aliphatic heterocycles. The zero-order valence-electron chi connectivity index (χ0n) is 20.3. The lowest BCUT2D eigenvalue weighted by molar-refractivity contribution is -0.153. The number of carbonyl (C=O) groups is 2. The molecule has 5 heteroatoms. The van der Waals surface area contributed by atoms with Gasteiger partial charge in [0.2, 0.25) is 0 Å². The summed E-state index contributed by atoms with van der Waals surface area (Å²) in [6.45, 7) is 12.2. The van der Waals surface area contributed by atoms with Crippen LogP contribution in [0.5, 0.6) is 0 Å². The van der Waals surface area contributed by atoms with Crippen molar-refractivity contribution in [3.63, 3.8) is 0 Å². The monoisotopic (exact) mass is 416 g/mol. The lowest BCUT2D eigenvalue weighted by Gasteiger charge is -2.16. The average molecular weight is 417 g/mol. The van der Waals surface area contributed by atoms with Crippen LogP contribution in [-0.2, 0) is 23.8 Å². The smallest absolute Gasteiger partial charge is 0.311 e. The number of hydrogen-bond donors (Lipinski definition) is 0. The molecular weight excluding hydrogens is 368 g/mol. The van der Waals surface area contributed by atoms with Crippen molar-refractivity contribution in [2.45, 2.75) is 118 Å². The van der Waals surface area contributed by atoms with Gasteiger partial charge in [-0.2, -0.15) is 0 Å². The number of rotatable bonds is 15. The van der Waals surface area contributed by atoms with Crippen molar-refractivity contribution in [2.24, 2.45) is 5.41 Å². The molecule has 0 fully saturated rings. The second-order valence-electron chi connectivity index (χ2n) is 8.80. The number of ether oxygens (including phenoxy) is 3. The van der Waals surface area contributed by atoms with E-state index in [4.69, 9.17) is 14.2 Å². The fourth-order valence-corrected chi connectivity index (χ4v) is 2.70. The van der Waals surface area contributed by atoms with Gasteiger partial charge in [0, 0.05) is 14.0 Å². The zero-order valence-corrected chi connectivity index (χ0v) is 20.3. The first-order chi connectivity index (χ1) is 13.6. The summed E-state index contributed by atoms with van der Waals surface area (Å²) in [6, 6.07) is 0. The van der Waals surface area contributed by atoms with Gasteiger partial charge in [-0.25, -0.2) is 0 Å². The van der Waals surface area contributed by atoms with E-state index in [0.717, 1.165) is 6.42 Å². The first-order valence-corrected chi connectivity index (χ1v) is 11.5. The molecule has 5 nitrogen and oxygen atoms in total. The summed E-state index contributed by atoms with van der Waals surface area (Å²) < 4.78 is 14.7. The Morgan fingerprint density at radius 3 is 1.66 bits per heavy atom. The molecule has 1 unspecified atom stereocenters. The molecule has 0 heterocycles. The first-order valence-electron chi connectivity index (χ1n) is 11.5. The third-order valence-electron chi connectivity index (χ3n) is 4.36. The van der Waals surface area contributed by atoms with E-state index in [0.29, 0.717) is 13.2 Å². The highest BCUT2D eigenvalue weighted by atomic mass is 16.6. The van der Waals surface area contributed by atoms with E-state index in [1.165, 1.54) is 71.1 Å². The van der Waals surface area contributed by atoms with Gasteiger partial charge < -0.3 is 14.2 Å². The van der Waals surface area contributed by atoms with Crippen LogP contribution in [0.2, 0.25) is 0 Å². The lowest BCUT2D eigenvalue weighted by Crippen LogP contribution is -2.23. The van der Waals surface area contributed by atoms with E-state index >= 15 is 0 Å². The van der Waals surface area contributed by atoms with Crippen molar-refractivity contribution >= 4 is 11.9 Å². The van der Waals surface area contributed by atoms with Crippen LogP contribution in [0, 0.1) is 5.41 Å². The molecule has 0 aromatic heterocycles. The molecule has 0 radical (unpaired) electrons. The molecule has 1 atom stereocenters. The van der Waals surface area contributed by atoms with Gasteiger partial charge in [-0.15, -0.1) is 0 Å². The lowest BCUT2D eigenvalue weighted by atomic mass is 9.97. The van der Waals surface area contributed by atoms with E-state index in [9.17, 15) is 9.59 Å². The number of hydrogen-bond acceptors (Lipinski definition) is 5. The molecule has 0 aromatic carbocycles. The van der Waals surface area contributed by atoms with Gasteiger partial charge in [0.1, 0.15) is 6.10 Å². The summed E-state index contributed by atoms with van der Waals surface area (Å²) in [7, 11) is 1.57. The molecule has 0 aliphatic rings. The first kappa shape index (κ1) is 30.1. The Balaban J connectivity index is 0. The maximum absolute atomic E-state index is 11.5. The summed E-state index contributed by atoms with van der Waals surface area (Å²) in [5, 5.41) is 0. The number of carbonyl (C=O) groups excluding carboxylic acids is 2. The summed E-state index contributed by atoms with van der Waals surface area (Å²) in [4.78, 5) is 21.8. The van der Waals surface area contributed by atoms with Crippen molar-refractivity contribution < 1.29 is 23.8 Å². The summed E-state index contributed by atoms with van der Waals surface area (Å²) in [5.74, 6) is -0.343. The van der Waals surface area contributed by atoms with E-state index in [1.807, 2.05) is 20.8 Å². The second-order valence-corrected chi connectivity index (χ2v) is 8.80. The summed E-state index contributed by atoms with van der Waals surface area (Å²) in [6.07, 6.45) is 14.4. The van der Waals surface area contributed by atoms with Crippen LogP contribution in [0.15, 0.2) is 0 Å². The van der Waals surface area contributed by atoms with Gasteiger partial charge in [-0.1, -0.05) is 71.1 Å². The molecule has 29 heavy (non-hydrogen) atoms. The minimum absolute atomic E-state index is 0.0791. The van der Waals surface area contributed by atoms with Crippen molar-refractivity contribution in [3.8, 4) is 0 Å². The fraction of sp³-hybridized carbons (Fsp3) is 0.917. The SMILES string of the molecule is CCCCCCCCCCCCCOC(=O)C(C)(C)C.COCC(C)OC(C)=O. The zero-order chi connectivity index (χ0) is 22.5. The van der Waals surface area contributed by atoms with Crippen LogP contribution in [0.1, 0.15) is 112 Å². The van der Waals surface area contributed by atoms with Gasteiger partial charge in [0.15, 0.2) is 0 Å². The molecule has 0 aromatic rings. The van der Waals surface area contributed by atoms with Gasteiger partial charge in [0.05, 0.1) is 18.6 Å². The van der Waals surface area contributed by atoms with Crippen LogP contribution in [0.3, 0.4) is 0 Å². The minimum atomic E-state index is -0.363. The van der Waals surface area contributed by atoms with Crippen molar-refractivity contribution in [1.82, 2.24) is 0 Å². The molecule has 0 saturated carbocycles. The molecule has 0 bridgehead atoms. The molecule has 0 rings (SSSR count). The Labute approximate surface area is 180 Å². The highest BCUT2D eigenvalue weighted by Crippen LogP contribution is 2.16. The maximum Gasteiger partial charge on any atom is 0.311 e. The Kier molecular flexibility index (Phi) is 20.9. The summed E-state index contributed by atoms with van der Waals surface area (Å²) >= 11 is 0. The fourth-order valence-electron chi connectivity index (χ4n) is 2.70. The molecule has 0 N–H and O–H groups in total. The van der Waals surface area contributed by atoms with Crippen LogP contribution in [0.25, 0.3) is 0 Å². The van der Waals surface area contributed by atoms with E-state index in [-0.39, 0.29) is 23.5 Å². The van der Waals surface area contributed by atoms with Gasteiger partial charge in [0.25, 0.3) is 0 Å². The van der Waals surface area contributed by atoms with Crippen LogP contribution < -0.4 is 0 Å². The average Bonchev–Trinajstić information content (AvgIpc) is 2.61. The molecule has 0 aliphatic carbocycles. The minimum Gasteiger partial charge on any atom is -0.465 e. The van der Waals surface area contributed by atoms with E-state index in [1.54, 1.807) is 14.0 Å². The maximum atomic E-state index is 11.5. The molecular formula is C24H48O5. The second kappa shape index (κ2) is 20.2. The predicted molar refractivity (Wildman–Crippen MR) is 120 cm³/mol. The highest BCUT2D eigenvalue weighted by molar-refractivity contribution is 5.75. The van der Waals surface area contributed by atoms with Gasteiger partial charge >= 0.3 is 11.9 Å². The van der Waals surface area contributed by atoms with Crippen LogP contribution in [-0.4, -0.2) is 38.4 Å². The quantitative estimate of drug-likeness (QED) is 0.226. The largest absolute Gasteiger partial charge is 0.465 e. The molecule has 174 valence electrons. The van der Waals surface area contributed by atoms with Crippen molar-refractivity contribution in [1.29, 1.82) is 0 Å². The Hall–Kier alpha value is -1.10. The molecule has 0 saturated heterocycles.